The molecular formula is C18H16ClN3O2S2. The molecular weight excluding hydrogens is 390 g/mol. The van der Waals surface area contributed by atoms with Gasteiger partial charge in [0, 0.05) is 10.6 Å². The Kier molecular flexibility index (Phi) is 6.03. The van der Waals surface area contributed by atoms with Crippen molar-refractivity contribution >= 4 is 51.3 Å². The third-order valence-corrected chi connectivity index (χ3v) is 5.71. The molecule has 0 aliphatic heterocycles. The van der Waals surface area contributed by atoms with Crippen LogP contribution in [-0.4, -0.2) is 23.8 Å². The number of methoxy groups -OCH3 is 1. The number of nitrogens with zero attached hydrogens (tertiary/aromatic N) is 1. The Labute approximate surface area is 164 Å². The molecule has 0 saturated heterocycles. The second-order valence-corrected chi connectivity index (χ2v) is 7.93. The number of nitrogens with one attached hydrogen (secondary N) is 1. The quantitative estimate of drug-likeness (QED) is 0.577. The van der Waals surface area contributed by atoms with Crippen LogP contribution < -0.4 is 15.8 Å². The summed E-state index contributed by atoms with van der Waals surface area (Å²) in [7, 11) is 1.54. The molecule has 8 heteroatoms. The first-order valence-corrected chi connectivity index (χ1v) is 9.82. The number of carbonyl (C=O) groups is 1. The summed E-state index contributed by atoms with van der Waals surface area (Å²) in [6.45, 7) is 0. The van der Waals surface area contributed by atoms with Gasteiger partial charge in [0.25, 0.3) is 0 Å². The molecule has 3 rings (SSSR count). The second kappa shape index (κ2) is 8.44. The Balaban J connectivity index is 1.65. The zero-order valence-electron chi connectivity index (χ0n) is 13.9. The largest absolute Gasteiger partial charge is 0.495 e. The lowest BCUT2D eigenvalue weighted by Crippen LogP contribution is -2.14. The fraction of sp³-hybridized carbons (Fsp3) is 0.111. The highest BCUT2D eigenvalue weighted by atomic mass is 35.5. The summed E-state index contributed by atoms with van der Waals surface area (Å²) in [6, 6.07) is 14.8. The number of rotatable bonds is 6. The van der Waals surface area contributed by atoms with Gasteiger partial charge in [-0.2, -0.15) is 0 Å². The van der Waals surface area contributed by atoms with Gasteiger partial charge in [-0.25, -0.2) is 4.98 Å². The second-order valence-electron chi connectivity index (χ2n) is 5.24. The van der Waals surface area contributed by atoms with E-state index >= 15 is 0 Å². The van der Waals surface area contributed by atoms with Crippen LogP contribution >= 0.6 is 34.7 Å². The number of ether oxygens (including phenoxy) is 1. The Morgan fingerprint density at radius 3 is 2.81 bits per heavy atom. The number of nitrogen functional groups attached to an aromatic ring is 1. The number of amides is 1. The Bertz CT molecular complexity index is 916. The number of anilines is 2. The first-order chi connectivity index (χ1) is 12.6. The van der Waals surface area contributed by atoms with Crippen LogP contribution in [0.4, 0.5) is 10.7 Å². The van der Waals surface area contributed by atoms with E-state index < -0.39 is 0 Å². The molecule has 1 heterocycles. The molecule has 3 N–H and O–H groups in total. The predicted molar refractivity (Wildman–Crippen MR) is 109 cm³/mol. The molecule has 5 nitrogen and oxygen atoms in total. The number of hydrogen-bond acceptors (Lipinski definition) is 6. The molecule has 0 unspecified atom stereocenters. The lowest BCUT2D eigenvalue weighted by Gasteiger charge is -2.10. The Hall–Kier alpha value is -2.22. The average Bonchev–Trinajstić information content (AvgIpc) is 3.02. The van der Waals surface area contributed by atoms with Gasteiger partial charge < -0.3 is 15.8 Å². The van der Waals surface area contributed by atoms with Crippen molar-refractivity contribution in [2.24, 2.45) is 0 Å². The van der Waals surface area contributed by atoms with E-state index in [1.165, 1.54) is 30.2 Å². The average molecular weight is 406 g/mol. The van der Waals surface area contributed by atoms with Crippen molar-refractivity contribution in [3.05, 3.63) is 53.6 Å². The molecule has 26 heavy (non-hydrogen) atoms. The summed E-state index contributed by atoms with van der Waals surface area (Å²) in [4.78, 5) is 16.8. The van der Waals surface area contributed by atoms with Gasteiger partial charge in [-0.05, 0) is 18.2 Å². The normalized spacial score (nSPS) is 10.5. The van der Waals surface area contributed by atoms with Gasteiger partial charge in [0.15, 0.2) is 4.34 Å². The molecule has 0 saturated carbocycles. The van der Waals surface area contributed by atoms with E-state index in [-0.39, 0.29) is 11.7 Å². The van der Waals surface area contributed by atoms with Gasteiger partial charge in [-0.15, -0.1) is 0 Å². The zero-order chi connectivity index (χ0) is 18.5. The van der Waals surface area contributed by atoms with E-state index in [1.54, 1.807) is 18.2 Å². The van der Waals surface area contributed by atoms with Crippen LogP contribution in [0, 0.1) is 0 Å². The van der Waals surface area contributed by atoms with Gasteiger partial charge >= 0.3 is 0 Å². The molecule has 0 atom stereocenters. The van der Waals surface area contributed by atoms with Crippen molar-refractivity contribution in [3.63, 3.8) is 0 Å². The van der Waals surface area contributed by atoms with E-state index in [4.69, 9.17) is 22.1 Å². The standard InChI is InChI=1S/C18H16ClN3O2S2/c1-24-14-8-7-12(19)9-13(14)21-15(23)10-25-18-22-16(17(20)26-18)11-5-3-2-4-6-11/h2-9H,10,20H2,1H3,(H,21,23). The maximum Gasteiger partial charge on any atom is 0.234 e. The zero-order valence-corrected chi connectivity index (χ0v) is 16.3. The van der Waals surface area contributed by atoms with Crippen LogP contribution in [-0.2, 0) is 4.79 Å². The highest BCUT2D eigenvalue weighted by molar-refractivity contribution is 8.01. The van der Waals surface area contributed by atoms with Crippen LogP contribution in [0.5, 0.6) is 5.75 Å². The topological polar surface area (TPSA) is 77.2 Å². The van der Waals surface area contributed by atoms with Crippen molar-refractivity contribution in [1.29, 1.82) is 0 Å². The summed E-state index contributed by atoms with van der Waals surface area (Å²) in [5.74, 6) is 0.583. The molecule has 0 bridgehead atoms. The summed E-state index contributed by atoms with van der Waals surface area (Å²) in [6.07, 6.45) is 0. The molecule has 2 aromatic carbocycles. The van der Waals surface area contributed by atoms with Gasteiger partial charge in [-0.3, -0.25) is 4.79 Å². The van der Waals surface area contributed by atoms with Crippen LogP contribution in [0.25, 0.3) is 11.3 Å². The van der Waals surface area contributed by atoms with Crippen molar-refractivity contribution in [2.75, 3.05) is 23.9 Å². The van der Waals surface area contributed by atoms with Crippen molar-refractivity contribution in [3.8, 4) is 17.0 Å². The minimum atomic E-state index is -0.175. The fourth-order valence-corrected chi connectivity index (χ4v) is 4.19. The maximum absolute atomic E-state index is 12.2. The molecule has 0 spiro atoms. The monoisotopic (exact) mass is 405 g/mol. The van der Waals surface area contributed by atoms with Crippen LogP contribution in [0.15, 0.2) is 52.9 Å². The van der Waals surface area contributed by atoms with Crippen LogP contribution in [0.3, 0.4) is 0 Å². The summed E-state index contributed by atoms with van der Waals surface area (Å²) in [5, 5.41) is 3.96. The maximum atomic E-state index is 12.2. The van der Waals surface area contributed by atoms with E-state index in [2.05, 4.69) is 10.3 Å². The van der Waals surface area contributed by atoms with E-state index in [9.17, 15) is 4.79 Å². The van der Waals surface area contributed by atoms with Gasteiger partial charge in [0.2, 0.25) is 5.91 Å². The molecule has 1 amide bonds. The minimum absolute atomic E-state index is 0.175. The number of nitrogens with two attached hydrogens (primary N) is 1. The lowest BCUT2D eigenvalue weighted by atomic mass is 10.2. The van der Waals surface area contributed by atoms with E-state index in [1.807, 2.05) is 30.3 Å². The lowest BCUT2D eigenvalue weighted by molar-refractivity contribution is -0.113. The van der Waals surface area contributed by atoms with Crippen molar-refractivity contribution in [2.45, 2.75) is 4.34 Å². The van der Waals surface area contributed by atoms with Crippen LogP contribution in [0.2, 0.25) is 5.02 Å². The first-order valence-electron chi connectivity index (χ1n) is 7.64. The number of thioether (sulfide) groups is 1. The van der Waals surface area contributed by atoms with Crippen LogP contribution in [0.1, 0.15) is 0 Å². The Morgan fingerprint density at radius 2 is 2.08 bits per heavy atom. The van der Waals surface area contributed by atoms with E-state index in [0.717, 1.165) is 15.6 Å². The molecule has 0 radical (unpaired) electrons. The van der Waals surface area contributed by atoms with Crippen molar-refractivity contribution in [1.82, 2.24) is 4.98 Å². The highest BCUT2D eigenvalue weighted by Crippen LogP contribution is 2.35. The molecule has 0 aliphatic rings. The Morgan fingerprint density at radius 1 is 1.31 bits per heavy atom. The fourth-order valence-electron chi connectivity index (χ4n) is 2.27. The number of aromatic nitrogens is 1. The van der Waals surface area contributed by atoms with Gasteiger partial charge in [-0.1, -0.05) is 65.0 Å². The predicted octanol–water partition coefficient (Wildman–Crippen LogP) is 4.79. The molecule has 0 aliphatic carbocycles. The molecule has 3 aromatic rings. The molecule has 134 valence electrons. The smallest absolute Gasteiger partial charge is 0.234 e. The SMILES string of the molecule is COc1ccc(Cl)cc1NC(=O)CSc1nc(-c2ccccc2)c(N)s1. The minimum Gasteiger partial charge on any atom is -0.495 e. The number of carbonyl (C=O) groups excluding carboxylic acids is 1. The summed E-state index contributed by atoms with van der Waals surface area (Å²) >= 11 is 8.68. The third kappa shape index (κ3) is 4.49. The van der Waals surface area contributed by atoms with Crippen molar-refractivity contribution < 1.29 is 9.53 Å². The van der Waals surface area contributed by atoms with Gasteiger partial charge in [0.05, 0.1) is 18.6 Å². The molecule has 0 fully saturated rings. The summed E-state index contributed by atoms with van der Waals surface area (Å²) < 4.78 is 5.97. The van der Waals surface area contributed by atoms with Gasteiger partial charge in [0.1, 0.15) is 16.4 Å². The van der Waals surface area contributed by atoms with E-state index in [0.29, 0.717) is 21.5 Å². The molecule has 1 aromatic heterocycles. The number of hydrogen-bond donors (Lipinski definition) is 2. The summed E-state index contributed by atoms with van der Waals surface area (Å²) in [5.41, 5.74) is 8.31. The number of benzene rings is 2. The number of halogens is 1. The number of thiazole rings is 1. The highest BCUT2D eigenvalue weighted by Gasteiger charge is 2.13. The first kappa shape index (κ1) is 18.6. The third-order valence-electron chi connectivity index (χ3n) is 3.44.